The number of aromatic nitrogens is 2. The van der Waals surface area contributed by atoms with E-state index >= 15 is 0 Å². The number of aliphatic hydroxyl groups is 1. The molecule has 2 fully saturated rings. The molecule has 2 aliphatic heterocycles. The Bertz CT molecular complexity index is 1430. The first-order valence-electron chi connectivity index (χ1n) is 13.6. The van der Waals surface area contributed by atoms with Crippen LogP contribution in [0.2, 0.25) is 0 Å². The molecule has 2 unspecified atom stereocenters. The van der Waals surface area contributed by atoms with Crippen LogP contribution >= 0.6 is 0 Å². The van der Waals surface area contributed by atoms with Crippen molar-refractivity contribution in [3.05, 3.63) is 77.1 Å². The smallest absolute Gasteiger partial charge is 0.264 e. The summed E-state index contributed by atoms with van der Waals surface area (Å²) in [4.78, 5) is 30.8. The van der Waals surface area contributed by atoms with E-state index in [0.717, 1.165) is 47.9 Å². The molecule has 3 heterocycles. The molecule has 3 aromatic rings. The molecule has 2 aliphatic carbocycles. The maximum Gasteiger partial charge on any atom is 0.264 e. The minimum atomic E-state index is -1.45. The molecule has 196 valence electrons. The zero-order valence-corrected chi connectivity index (χ0v) is 21.5. The van der Waals surface area contributed by atoms with Gasteiger partial charge >= 0.3 is 0 Å². The molecule has 3 atom stereocenters. The Morgan fingerprint density at radius 3 is 2.66 bits per heavy atom. The third-order valence-corrected chi connectivity index (χ3v) is 8.87. The molecule has 2 aromatic carbocycles. The van der Waals surface area contributed by atoms with Gasteiger partial charge in [0.05, 0.1) is 6.20 Å². The number of ether oxygens (including phenoxy) is 1. The first-order valence-corrected chi connectivity index (χ1v) is 13.6. The molecule has 1 saturated carbocycles. The zero-order chi connectivity index (χ0) is 26.0. The average Bonchev–Trinajstić information content (AvgIpc) is 3.55. The predicted molar refractivity (Wildman–Crippen MR) is 139 cm³/mol. The average molecular weight is 513 g/mol. The summed E-state index contributed by atoms with van der Waals surface area (Å²) >= 11 is 0. The van der Waals surface area contributed by atoms with E-state index in [1.54, 1.807) is 4.68 Å². The fraction of sp³-hybridized carbons (Fsp3) is 0.433. The quantitative estimate of drug-likeness (QED) is 0.581. The number of aliphatic hydroxyl groups excluding tert-OH is 1. The number of hydrogen-bond donors (Lipinski definition) is 1. The van der Waals surface area contributed by atoms with Crippen LogP contribution in [-0.2, 0) is 46.4 Å². The molecule has 8 heteroatoms. The van der Waals surface area contributed by atoms with Gasteiger partial charge in [-0.2, -0.15) is 5.10 Å². The molecule has 1 N–H and O–H groups in total. The summed E-state index contributed by atoms with van der Waals surface area (Å²) in [5.74, 6) is 0.0620. The lowest BCUT2D eigenvalue weighted by Gasteiger charge is -2.32. The van der Waals surface area contributed by atoms with Crippen LogP contribution in [0.25, 0.3) is 11.1 Å². The number of aryl methyl sites for hydroxylation is 3. The van der Waals surface area contributed by atoms with E-state index in [0.29, 0.717) is 25.3 Å². The van der Waals surface area contributed by atoms with Gasteiger partial charge in [0.25, 0.3) is 5.91 Å². The molecule has 1 spiro atoms. The summed E-state index contributed by atoms with van der Waals surface area (Å²) in [5, 5.41) is 15.2. The number of carbonyl (C=O) groups is 2. The van der Waals surface area contributed by atoms with E-state index in [4.69, 9.17) is 4.74 Å². The summed E-state index contributed by atoms with van der Waals surface area (Å²) in [7, 11) is 1.88. The van der Waals surface area contributed by atoms with Crippen LogP contribution in [0.1, 0.15) is 47.9 Å². The van der Waals surface area contributed by atoms with E-state index in [1.165, 1.54) is 16.0 Å². The number of benzene rings is 2. The minimum absolute atomic E-state index is 0.128. The van der Waals surface area contributed by atoms with E-state index in [2.05, 4.69) is 29.4 Å². The second-order valence-corrected chi connectivity index (χ2v) is 11.2. The summed E-state index contributed by atoms with van der Waals surface area (Å²) in [6, 6.07) is 14.4. The first kappa shape index (κ1) is 23.6. The van der Waals surface area contributed by atoms with Crippen LogP contribution in [0.15, 0.2) is 54.9 Å². The van der Waals surface area contributed by atoms with Crippen LogP contribution in [0, 0.1) is 5.92 Å². The highest BCUT2D eigenvalue weighted by molar-refractivity contribution is 5.93. The van der Waals surface area contributed by atoms with Gasteiger partial charge in [-0.3, -0.25) is 19.2 Å². The van der Waals surface area contributed by atoms with Crippen LogP contribution in [-0.4, -0.2) is 55.5 Å². The summed E-state index contributed by atoms with van der Waals surface area (Å²) < 4.78 is 7.77. The van der Waals surface area contributed by atoms with E-state index in [1.807, 2.05) is 42.5 Å². The Morgan fingerprint density at radius 1 is 1.08 bits per heavy atom. The molecule has 0 bridgehead atoms. The SMILES string of the molecule is Cn1cc(-c2ccc3c(c2)CCC32OC(O)N(CC(=O)N3Cc4ccccc4CC[C@H]3C3CC3)C2=O)cn1. The number of nitrogens with zero attached hydrogens (tertiary/aromatic N) is 4. The van der Waals surface area contributed by atoms with Gasteiger partial charge in [0.2, 0.25) is 12.3 Å². The van der Waals surface area contributed by atoms with Gasteiger partial charge in [-0.15, -0.1) is 0 Å². The van der Waals surface area contributed by atoms with Crippen LogP contribution in [0.3, 0.4) is 0 Å². The molecule has 8 nitrogen and oxygen atoms in total. The molecule has 1 saturated heterocycles. The Kier molecular flexibility index (Phi) is 5.46. The van der Waals surface area contributed by atoms with Crippen molar-refractivity contribution < 1.29 is 19.4 Å². The van der Waals surface area contributed by atoms with Gasteiger partial charge in [0, 0.05) is 31.4 Å². The third kappa shape index (κ3) is 3.77. The van der Waals surface area contributed by atoms with Crippen molar-refractivity contribution in [2.24, 2.45) is 13.0 Å². The second-order valence-electron chi connectivity index (χ2n) is 11.2. The lowest BCUT2D eigenvalue weighted by Crippen LogP contribution is -2.48. The lowest BCUT2D eigenvalue weighted by molar-refractivity contribution is -0.181. The molecule has 1 aromatic heterocycles. The maximum absolute atomic E-state index is 13.8. The van der Waals surface area contributed by atoms with Crippen molar-refractivity contribution in [3.63, 3.8) is 0 Å². The van der Waals surface area contributed by atoms with E-state index < -0.39 is 12.0 Å². The highest BCUT2D eigenvalue weighted by Crippen LogP contribution is 2.47. The van der Waals surface area contributed by atoms with E-state index in [9.17, 15) is 14.7 Å². The summed E-state index contributed by atoms with van der Waals surface area (Å²) in [6.07, 6.45) is 7.59. The highest BCUT2D eigenvalue weighted by Gasteiger charge is 2.57. The fourth-order valence-electron chi connectivity index (χ4n) is 6.71. The third-order valence-electron chi connectivity index (χ3n) is 8.87. The van der Waals surface area contributed by atoms with Crippen LogP contribution < -0.4 is 0 Å². The first-order chi connectivity index (χ1) is 18.4. The molecule has 2 amide bonds. The number of fused-ring (bicyclic) bond motifs is 3. The molecular weight excluding hydrogens is 480 g/mol. The Labute approximate surface area is 221 Å². The van der Waals surface area contributed by atoms with Crippen molar-refractivity contribution in [2.45, 2.75) is 63.1 Å². The Morgan fingerprint density at radius 2 is 1.89 bits per heavy atom. The standard InChI is InChI=1S/C30H32N4O4/c1-32-16-24(15-31-32)21-8-10-25-22(14-21)12-13-30(25)28(36)34(29(37)38-30)18-27(35)33-17-23-5-3-2-4-19(23)9-11-26(33)20-6-7-20/h2-5,8,10,14-16,20,26,29,37H,6-7,9,11-13,17-18H2,1H3/t26-,29?,30?/m0/s1. The Balaban J connectivity index is 1.13. The molecule has 38 heavy (non-hydrogen) atoms. The van der Waals surface area contributed by atoms with Gasteiger partial charge in [-0.1, -0.05) is 42.5 Å². The minimum Gasteiger partial charge on any atom is -0.351 e. The van der Waals surface area contributed by atoms with Crippen molar-refractivity contribution in [1.82, 2.24) is 19.6 Å². The normalized spacial score (nSPS) is 26.5. The van der Waals surface area contributed by atoms with Gasteiger partial charge in [-0.05, 0) is 72.3 Å². The van der Waals surface area contributed by atoms with Crippen molar-refractivity contribution in [3.8, 4) is 11.1 Å². The van der Waals surface area contributed by atoms with Crippen molar-refractivity contribution >= 4 is 11.8 Å². The number of amides is 2. The zero-order valence-electron chi connectivity index (χ0n) is 21.5. The molecule has 4 aliphatic rings. The van der Waals surface area contributed by atoms with Gasteiger partial charge in [-0.25, -0.2) is 0 Å². The van der Waals surface area contributed by atoms with Crippen LogP contribution in [0.5, 0.6) is 0 Å². The second kappa shape index (κ2) is 8.78. The number of rotatable bonds is 4. The number of carbonyl (C=O) groups excluding carboxylic acids is 2. The van der Waals surface area contributed by atoms with Crippen molar-refractivity contribution in [1.29, 1.82) is 0 Å². The van der Waals surface area contributed by atoms with Crippen LogP contribution in [0.4, 0.5) is 0 Å². The largest absolute Gasteiger partial charge is 0.351 e. The molecular formula is C30H32N4O4. The van der Waals surface area contributed by atoms with Crippen molar-refractivity contribution in [2.75, 3.05) is 6.54 Å². The van der Waals surface area contributed by atoms with Gasteiger partial charge in [0.1, 0.15) is 6.54 Å². The monoisotopic (exact) mass is 512 g/mol. The maximum atomic E-state index is 13.8. The lowest BCUT2D eigenvalue weighted by atomic mass is 9.93. The summed E-state index contributed by atoms with van der Waals surface area (Å²) in [5.41, 5.74) is 5.05. The Hall–Kier alpha value is -3.49. The summed E-state index contributed by atoms with van der Waals surface area (Å²) in [6.45, 7) is 0.358. The van der Waals surface area contributed by atoms with E-state index in [-0.39, 0.29) is 24.4 Å². The highest BCUT2D eigenvalue weighted by atomic mass is 16.7. The predicted octanol–water partition coefficient (Wildman–Crippen LogP) is 3.12. The topological polar surface area (TPSA) is 87.9 Å². The molecule has 7 rings (SSSR count). The van der Waals surface area contributed by atoms with Gasteiger partial charge in [0.15, 0.2) is 5.60 Å². The number of hydrogen-bond acceptors (Lipinski definition) is 5. The van der Waals surface area contributed by atoms with Gasteiger partial charge < -0.3 is 14.7 Å². The fourth-order valence-corrected chi connectivity index (χ4v) is 6.71. The molecule has 0 radical (unpaired) electrons.